The summed E-state index contributed by atoms with van der Waals surface area (Å²) >= 11 is 14.1. The zero-order valence-electron chi connectivity index (χ0n) is 29.5. The second-order valence-corrected chi connectivity index (χ2v) is 131. The van der Waals surface area contributed by atoms with Gasteiger partial charge in [-0.3, -0.25) is 0 Å². The molecule has 0 saturated carbocycles. The maximum atomic E-state index is 5.01. The molecular weight excluding hydrogens is 2310 g/mol. The van der Waals surface area contributed by atoms with Crippen molar-refractivity contribution in [2.45, 2.75) is 0 Å². The largest absolute Gasteiger partial charge is 0.0988 e. The molecule has 0 saturated heterocycles. The standard InChI is InChI=1S/H2S72/c1-4-5-6-7-8-9-10-11-12-13-14-15-16-17-18-19-20-21-22-23-24-25-26-27-28-29-30-31-32-33-34-35-36-37-38-39-40-41-42-43-44-45-46-47-48-49-50-51-52-53-54-55-56-57-58-59-60-61-62-63-64-65-66-67-68-69-70-71-72(2)3/h1,72H. The first kappa shape index (κ1) is 96.9. The summed E-state index contributed by atoms with van der Waals surface area (Å²) in [6.07, 6.45) is 0. The fraction of sp³-hybridized carbons (Fsp3) is 0. The van der Waals surface area contributed by atoms with E-state index in [2.05, 4.69) is 11.7 Å². The van der Waals surface area contributed by atoms with Crippen LogP contribution in [0, 0.1) is 0 Å². The second-order valence-electron chi connectivity index (χ2n) is 4.86. The number of hydrogen-bond acceptors (Lipinski definition) is 71. The van der Waals surface area contributed by atoms with Gasteiger partial charge in [0.05, 0.1) is 0 Å². The Kier molecular flexibility index (Phi) is 126. The predicted octanol–water partition coefficient (Wildman–Crippen LogP) is 44.2. The zero-order chi connectivity index (χ0) is 51.7. The quantitative estimate of drug-likeness (QED) is 0.0337. The van der Waals surface area contributed by atoms with Gasteiger partial charge in [-0.2, -0.15) is 0 Å². The molecule has 0 aliphatic rings. The Hall–Kier alpha value is 24.9. The molecule has 0 atom stereocenters. The molecule has 0 bridgehead atoms. The lowest BCUT2D eigenvalue weighted by atomic mass is 30.1. The molecule has 0 nitrogen and oxygen atoms in total. The van der Waals surface area contributed by atoms with Gasteiger partial charge in [0.2, 0.25) is 0 Å². The van der Waals surface area contributed by atoms with Crippen molar-refractivity contribution in [3.05, 3.63) is 0 Å². The summed E-state index contributed by atoms with van der Waals surface area (Å²) in [5.41, 5.74) is 0. The average Bonchev–Trinajstić information content (AvgIpc) is 3.38. The molecule has 0 heterocycles. The highest BCUT2D eigenvalue weighted by atomic mass is 34.1. The van der Waals surface area contributed by atoms with Crippen LogP contribution < -0.4 is 0 Å². The van der Waals surface area contributed by atoms with Gasteiger partial charge in [-0.25, -0.2) is 0 Å². The van der Waals surface area contributed by atoms with Gasteiger partial charge in [0.1, 0.15) is 0 Å². The van der Waals surface area contributed by atoms with Gasteiger partial charge < -0.3 is 0 Å². The molecule has 0 fully saturated rings. The van der Waals surface area contributed by atoms with Gasteiger partial charge in [-0.1, -0.05) is 11.7 Å². The van der Waals surface area contributed by atoms with Crippen LogP contribution in [-0.4, -0.2) is 0 Å². The first-order valence-electron chi connectivity index (χ1n) is 11.9. The van der Waals surface area contributed by atoms with E-state index in [-0.39, 0.29) is 0 Å². The topological polar surface area (TPSA) is 0 Å². The van der Waals surface area contributed by atoms with Crippen molar-refractivity contribution in [2.75, 3.05) is 0 Å². The summed E-state index contributed by atoms with van der Waals surface area (Å²) in [4.78, 5) is 0. The molecule has 0 aromatic heterocycles. The monoisotopic (exact) mass is 2300 g/mol. The third kappa shape index (κ3) is 94.9. The summed E-state index contributed by atoms with van der Waals surface area (Å²) < 4.78 is 0. The van der Waals surface area contributed by atoms with E-state index in [0.717, 1.165) is 0 Å². The van der Waals surface area contributed by atoms with Crippen molar-refractivity contribution in [3.8, 4) is 0 Å². The maximum Gasteiger partial charge on any atom is 0 e. The van der Waals surface area contributed by atoms with E-state index in [1.54, 1.807) is 128 Å². The smallest absolute Gasteiger partial charge is 0 e. The average molecular weight is 2310 g/mol. The van der Waals surface area contributed by atoms with E-state index in [1.165, 1.54) is 9.83 Å². The minimum Gasteiger partial charge on any atom is -0.0988 e. The van der Waals surface area contributed by atoms with Gasteiger partial charge in [-0.15, -0.1) is 0 Å². The van der Waals surface area contributed by atoms with E-state index in [4.69, 9.17) is 22.4 Å². The van der Waals surface area contributed by atoms with Crippen LogP contribution in [0.15, 0.2) is 0 Å². The number of hydrogen-bond donors (Lipinski definition) is 2. The number of rotatable bonds is 68. The predicted molar refractivity (Wildman–Crippen MR) is 549 cm³/mol. The van der Waals surface area contributed by atoms with E-state index >= 15 is 0 Å². The normalized spacial score (nSPS) is 11.8. The third-order valence-electron chi connectivity index (χ3n) is 1.93. The summed E-state index contributed by atoms with van der Waals surface area (Å²) in [5.74, 6) is 0. The molecule has 0 radical (unpaired) electrons. The summed E-state index contributed by atoms with van der Waals surface area (Å²) in [6, 6.07) is 0. The lowest BCUT2D eigenvalue weighted by Gasteiger charge is -2.00. The van der Waals surface area contributed by atoms with Crippen LogP contribution in [0.3, 0.4) is 0 Å². The van der Waals surface area contributed by atoms with Crippen molar-refractivity contribution in [3.63, 3.8) is 0 Å². The molecule has 434 valence electrons. The Balaban J connectivity index is 3.08. The fourth-order valence-electron chi connectivity index (χ4n) is 0.775. The fourth-order valence-corrected chi connectivity index (χ4v) is 188. The molecule has 0 aromatic carbocycles. The van der Waals surface area contributed by atoms with E-state index in [1.807, 2.05) is 531 Å². The van der Waals surface area contributed by atoms with E-state index < -0.39 is 7.05 Å². The van der Waals surface area contributed by atoms with Gasteiger partial charge in [0.25, 0.3) is 0 Å². The molecule has 0 rings (SSSR count). The first-order valence-corrected chi connectivity index (χ1v) is 107. The van der Waals surface area contributed by atoms with Gasteiger partial charge in [-0.05, 0) is 187 Å². The van der Waals surface area contributed by atoms with E-state index in [9.17, 15) is 0 Å². The molecule has 0 N–H and O–H groups in total. The highest BCUT2D eigenvalue weighted by Crippen LogP contribution is 2.71. The van der Waals surface area contributed by atoms with Crippen LogP contribution in [0.25, 0.3) is 0 Å². The third-order valence-corrected chi connectivity index (χ3v) is 156. The summed E-state index contributed by atoms with van der Waals surface area (Å²) in [6.45, 7) is 0. The van der Waals surface area contributed by atoms with Crippen LogP contribution in [0.1, 0.15) is 0 Å². The zero-order valence-corrected chi connectivity index (χ0v) is 88.4. The Bertz CT molecular complexity index is 963. The van der Waals surface area contributed by atoms with Gasteiger partial charge in [0, 0.05) is 511 Å². The lowest BCUT2D eigenvalue weighted by Crippen LogP contribution is -1.44. The molecule has 0 unspecified atom stereocenters. The highest BCUT2D eigenvalue weighted by Gasteiger charge is 2.06. The molecular formula is H2S72. The first-order chi connectivity index (χ1) is 35.8. The van der Waals surface area contributed by atoms with Crippen molar-refractivity contribution in [1.82, 2.24) is 0 Å². The Labute approximate surface area is 689 Å². The Morgan fingerprint density at radius 3 is 0.306 bits per heavy atom. The van der Waals surface area contributed by atoms with Crippen LogP contribution in [0.4, 0.5) is 0 Å². The van der Waals surface area contributed by atoms with Crippen molar-refractivity contribution in [1.29, 1.82) is 0 Å². The maximum absolute atomic E-state index is 5.01. The minimum absolute atomic E-state index is 0.701. The van der Waals surface area contributed by atoms with Crippen molar-refractivity contribution in [2.24, 2.45) is 0 Å². The van der Waals surface area contributed by atoms with Crippen LogP contribution in [-0.2, 0) is 29.4 Å². The summed E-state index contributed by atoms with van der Waals surface area (Å²) in [7, 11) is 122. The molecule has 72 heteroatoms. The van der Waals surface area contributed by atoms with Crippen molar-refractivity contribution >= 4 is 709 Å². The SMILES string of the molecule is S=[SH](=S)SSSSSSSSSSSSSSSSSSSSSSSSSSSSSSSSSSSSSSSSSSSSSSSSSSSSSSSSSSSSSSSSSSSSS. The molecule has 0 spiro atoms. The van der Waals surface area contributed by atoms with Crippen LogP contribution in [0.5, 0.6) is 0 Å². The second kappa shape index (κ2) is 94.0. The minimum atomic E-state index is -0.701. The molecule has 0 aromatic rings. The molecule has 72 heavy (non-hydrogen) atoms. The molecule has 0 amide bonds. The van der Waals surface area contributed by atoms with Gasteiger partial charge in [0.15, 0.2) is 0 Å². The number of thiol groups is 2. The highest BCUT2D eigenvalue weighted by molar-refractivity contribution is 9.65. The van der Waals surface area contributed by atoms with Crippen LogP contribution >= 0.6 is 680 Å². The Morgan fingerprint density at radius 2 is 0.222 bits per heavy atom. The lowest BCUT2D eigenvalue weighted by molar-refractivity contribution is 5.59. The van der Waals surface area contributed by atoms with Crippen LogP contribution in [0.2, 0.25) is 0 Å². The molecule has 0 aliphatic heterocycles. The summed E-state index contributed by atoms with van der Waals surface area (Å²) in [5, 5.41) is 0. The molecule has 0 aliphatic carbocycles. The van der Waals surface area contributed by atoms with Gasteiger partial charge >= 0.3 is 0 Å². The Morgan fingerprint density at radius 1 is 0.139 bits per heavy atom. The van der Waals surface area contributed by atoms with Crippen molar-refractivity contribution < 1.29 is 0 Å². The van der Waals surface area contributed by atoms with E-state index in [0.29, 0.717) is 0 Å².